The van der Waals surface area contributed by atoms with Crippen LogP contribution in [0.4, 0.5) is 0 Å². The van der Waals surface area contributed by atoms with Crippen LogP contribution in [0.2, 0.25) is 0 Å². The number of nitrogens with one attached hydrogen (secondary N) is 1. The minimum Gasteiger partial charge on any atom is -0.394 e. The van der Waals surface area contributed by atoms with Gasteiger partial charge in [0.1, 0.15) is 6.10 Å². The molecule has 0 aliphatic carbocycles. The Bertz CT molecular complexity index is 790. The standard InChI is InChI=1S/C23H30N2O5/c26-15-21-20(24-23(28)17-8-11-29-12-9-17)6-5-19(30-21)13-22(27)25-10-7-16-3-1-2-4-18(16)14-25/h1-6,17,19-21,26H,7-15H2,(H,24,28)/t19-,20-,21-/m0/s1. The monoisotopic (exact) mass is 414 g/mol. The molecule has 1 saturated heterocycles. The summed E-state index contributed by atoms with van der Waals surface area (Å²) in [5, 5.41) is 12.7. The summed E-state index contributed by atoms with van der Waals surface area (Å²) in [5.74, 6) is -0.0511. The summed E-state index contributed by atoms with van der Waals surface area (Å²) in [5.41, 5.74) is 2.50. The Morgan fingerprint density at radius 2 is 1.90 bits per heavy atom. The normalized spacial score (nSPS) is 26.8. The van der Waals surface area contributed by atoms with E-state index in [1.54, 1.807) is 0 Å². The summed E-state index contributed by atoms with van der Waals surface area (Å²) in [6, 6.07) is 7.83. The highest BCUT2D eigenvalue weighted by Gasteiger charge is 2.32. The first-order valence-corrected chi connectivity index (χ1v) is 10.8. The van der Waals surface area contributed by atoms with Gasteiger partial charge < -0.3 is 24.8 Å². The van der Waals surface area contributed by atoms with Gasteiger partial charge in [0.25, 0.3) is 0 Å². The van der Waals surface area contributed by atoms with Crippen LogP contribution in [0.3, 0.4) is 0 Å². The van der Waals surface area contributed by atoms with Crippen LogP contribution in [-0.2, 0) is 32.0 Å². The number of carbonyl (C=O) groups excluding carboxylic acids is 2. The molecule has 7 nitrogen and oxygen atoms in total. The molecule has 0 unspecified atom stereocenters. The van der Waals surface area contributed by atoms with Crippen molar-refractivity contribution in [1.82, 2.24) is 10.2 Å². The number of carbonyl (C=O) groups is 2. The van der Waals surface area contributed by atoms with Gasteiger partial charge in [-0.2, -0.15) is 0 Å². The Labute approximate surface area is 177 Å². The second kappa shape index (κ2) is 9.73. The highest BCUT2D eigenvalue weighted by Crippen LogP contribution is 2.22. The number of ether oxygens (including phenoxy) is 2. The lowest BCUT2D eigenvalue weighted by atomic mass is 9.97. The van der Waals surface area contributed by atoms with E-state index in [1.165, 1.54) is 11.1 Å². The van der Waals surface area contributed by atoms with Crippen LogP contribution in [0.15, 0.2) is 36.4 Å². The van der Waals surface area contributed by atoms with Crippen LogP contribution in [-0.4, -0.2) is 66.4 Å². The quantitative estimate of drug-likeness (QED) is 0.707. The van der Waals surface area contributed by atoms with E-state index in [9.17, 15) is 14.7 Å². The zero-order valence-corrected chi connectivity index (χ0v) is 17.2. The molecule has 3 atom stereocenters. The van der Waals surface area contributed by atoms with Gasteiger partial charge in [-0.05, 0) is 30.4 Å². The fraction of sp³-hybridized carbons (Fsp3) is 0.565. The Morgan fingerprint density at radius 3 is 2.67 bits per heavy atom. The molecule has 1 fully saturated rings. The summed E-state index contributed by atoms with van der Waals surface area (Å²) in [4.78, 5) is 27.2. The van der Waals surface area contributed by atoms with E-state index in [0.29, 0.717) is 39.1 Å². The van der Waals surface area contributed by atoms with Crippen molar-refractivity contribution < 1.29 is 24.2 Å². The van der Waals surface area contributed by atoms with Crippen molar-refractivity contribution in [2.75, 3.05) is 26.4 Å². The predicted molar refractivity (Wildman–Crippen MR) is 111 cm³/mol. The van der Waals surface area contributed by atoms with Crippen molar-refractivity contribution >= 4 is 11.8 Å². The Hall–Kier alpha value is -2.22. The van der Waals surface area contributed by atoms with Gasteiger partial charge in [0.15, 0.2) is 0 Å². The van der Waals surface area contributed by atoms with E-state index in [2.05, 4.69) is 17.4 Å². The maximum Gasteiger partial charge on any atom is 0.225 e. The molecule has 0 spiro atoms. The molecule has 3 heterocycles. The van der Waals surface area contributed by atoms with Gasteiger partial charge in [-0.3, -0.25) is 9.59 Å². The zero-order chi connectivity index (χ0) is 20.9. The third kappa shape index (κ3) is 4.91. The molecule has 2 N–H and O–H groups in total. The number of fused-ring (bicyclic) bond motifs is 1. The number of hydrogen-bond acceptors (Lipinski definition) is 5. The van der Waals surface area contributed by atoms with E-state index in [0.717, 1.165) is 6.42 Å². The smallest absolute Gasteiger partial charge is 0.225 e. The average Bonchev–Trinajstić information content (AvgIpc) is 2.80. The maximum atomic E-state index is 12.8. The van der Waals surface area contributed by atoms with Crippen molar-refractivity contribution in [3.05, 3.63) is 47.5 Å². The third-order valence-electron chi connectivity index (χ3n) is 6.22. The first-order chi connectivity index (χ1) is 14.6. The first kappa shape index (κ1) is 21.0. The van der Waals surface area contributed by atoms with Gasteiger partial charge in [0, 0.05) is 32.2 Å². The number of hydrogen-bond donors (Lipinski definition) is 2. The first-order valence-electron chi connectivity index (χ1n) is 10.8. The van der Waals surface area contributed by atoms with Gasteiger partial charge in [0.05, 0.1) is 25.2 Å². The predicted octanol–water partition coefficient (Wildman–Crippen LogP) is 1.19. The van der Waals surface area contributed by atoms with Crippen LogP contribution in [0.1, 0.15) is 30.4 Å². The van der Waals surface area contributed by atoms with Crippen molar-refractivity contribution in [3.8, 4) is 0 Å². The molecule has 2 amide bonds. The lowest BCUT2D eigenvalue weighted by Gasteiger charge is -2.34. The van der Waals surface area contributed by atoms with Gasteiger partial charge in [0.2, 0.25) is 11.8 Å². The number of rotatable bonds is 5. The second-order valence-electron chi connectivity index (χ2n) is 8.24. The Kier molecular flexibility index (Phi) is 6.82. The Balaban J connectivity index is 1.32. The summed E-state index contributed by atoms with van der Waals surface area (Å²) < 4.78 is 11.3. The SMILES string of the molecule is O=C(N[C@H]1C=C[C@@H](CC(=O)N2CCc3ccccc3C2)O[C@H]1CO)C1CCOCC1. The summed E-state index contributed by atoms with van der Waals surface area (Å²) in [6.45, 7) is 2.32. The molecule has 0 aromatic heterocycles. The van der Waals surface area contributed by atoms with Crippen LogP contribution < -0.4 is 5.32 Å². The molecule has 3 aliphatic rings. The highest BCUT2D eigenvalue weighted by atomic mass is 16.5. The van der Waals surface area contributed by atoms with Gasteiger partial charge in [-0.1, -0.05) is 36.4 Å². The molecule has 162 valence electrons. The van der Waals surface area contributed by atoms with Gasteiger partial charge >= 0.3 is 0 Å². The molecule has 3 aliphatic heterocycles. The van der Waals surface area contributed by atoms with E-state index < -0.39 is 18.2 Å². The van der Waals surface area contributed by atoms with E-state index in [-0.39, 0.29) is 30.8 Å². The minimum absolute atomic E-state index is 0.0310. The number of amides is 2. The topological polar surface area (TPSA) is 88.1 Å². The summed E-state index contributed by atoms with van der Waals surface area (Å²) in [6.07, 6.45) is 5.24. The lowest BCUT2D eigenvalue weighted by molar-refractivity contribution is -0.138. The molecule has 0 bridgehead atoms. The van der Waals surface area contributed by atoms with Crippen molar-refractivity contribution in [3.63, 3.8) is 0 Å². The van der Waals surface area contributed by atoms with Crippen molar-refractivity contribution in [2.24, 2.45) is 5.92 Å². The van der Waals surface area contributed by atoms with E-state index in [1.807, 2.05) is 29.2 Å². The summed E-state index contributed by atoms with van der Waals surface area (Å²) >= 11 is 0. The fourth-order valence-corrected chi connectivity index (χ4v) is 4.39. The van der Waals surface area contributed by atoms with Crippen molar-refractivity contribution in [2.45, 2.75) is 50.5 Å². The van der Waals surface area contributed by atoms with Gasteiger partial charge in [-0.25, -0.2) is 0 Å². The van der Waals surface area contributed by atoms with E-state index >= 15 is 0 Å². The molecule has 1 aromatic rings. The second-order valence-corrected chi connectivity index (χ2v) is 8.24. The molecule has 4 rings (SSSR count). The lowest BCUT2D eigenvalue weighted by Crippen LogP contribution is -2.51. The third-order valence-corrected chi connectivity index (χ3v) is 6.22. The molecular formula is C23H30N2O5. The van der Waals surface area contributed by atoms with Crippen LogP contribution in [0, 0.1) is 5.92 Å². The van der Waals surface area contributed by atoms with Crippen LogP contribution in [0.25, 0.3) is 0 Å². The maximum absolute atomic E-state index is 12.8. The van der Waals surface area contributed by atoms with E-state index in [4.69, 9.17) is 9.47 Å². The molecule has 7 heteroatoms. The van der Waals surface area contributed by atoms with Crippen LogP contribution >= 0.6 is 0 Å². The van der Waals surface area contributed by atoms with Crippen LogP contribution in [0.5, 0.6) is 0 Å². The largest absolute Gasteiger partial charge is 0.394 e. The molecule has 1 aromatic carbocycles. The minimum atomic E-state index is -0.557. The average molecular weight is 415 g/mol. The number of benzene rings is 1. The zero-order valence-electron chi connectivity index (χ0n) is 17.2. The number of aliphatic hydroxyl groups is 1. The Morgan fingerprint density at radius 1 is 1.13 bits per heavy atom. The fourth-order valence-electron chi connectivity index (χ4n) is 4.39. The van der Waals surface area contributed by atoms with Crippen molar-refractivity contribution in [1.29, 1.82) is 0 Å². The molecule has 0 radical (unpaired) electrons. The molecular weight excluding hydrogens is 384 g/mol. The highest BCUT2D eigenvalue weighted by molar-refractivity contribution is 5.79. The van der Waals surface area contributed by atoms with Gasteiger partial charge in [-0.15, -0.1) is 0 Å². The summed E-state index contributed by atoms with van der Waals surface area (Å²) in [7, 11) is 0. The number of nitrogens with zero attached hydrogens (tertiary/aromatic N) is 1. The molecule has 0 saturated carbocycles. The molecule has 30 heavy (non-hydrogen) atoms. The number of aliphatic hydroxyl groups excluding tert-OH is 1.